The molecule has 182 valence electrons. The number of hydrogen-bond acceptors (Lipinski definition) is 9. The number of hydrogen-bond donors (Lipinski definition) is 0. The number of Topliss-reactive ketones (excluding diaryl/α,β-unsaturated/α-hetero) is 1. The summed E-state index contributed by atoms with van der Waals surface area (Å²) < 4.78 is 21.8. The molecule has 0 aromatic rings. The van der Waals surface area contributed by atoms with E-state index in [0.29, 0.717) is 11.1 Å². The van der Waals surface area contributed by atoms with E-state index < -0.39 is 59.8 Å². The first-order valence-electron chi connectivity index (χ1n) is 10.6. The van der Waals surface area contributed by atoms with Crippen LogP contribution < -0.4 is 0 Å². The predicted octanol–water partition coefficient (Wildman–Crippen LogP) is 2.48. The predicted molar refractivity (Wildman–Crippen MR) is 118 cm³/mol. The molecule has 0 amide bonds. The van der Waals surface area contributed by atoms with E-state index in [4.69, 9.17) is 30.5 Å². The van der Waals surface area contributed by atoms with Crippen LogP contribution in [0.25, 0.3) is 0 Å². The SMILES string of the molecule is C=C1C(=O)O[C@H]2[C@H]3C(C)=C(Cl)C(=O)C3=C(C)[C@@H](OC(C)=O)[C@@H](OC(=O)/C(=C/C)COC(C)=O)[C@@H]12. The average molecular weight is 493 g/mol. The monoisotopic (exact) mass is 492 g/mol. The van der Waals surface area contributed by atoms with Crippen molar-refractivity contribution >= 4 is 41.3 Å². The zero-order valence-corrected chi connectivity index (χ0v) is 20.2. The van der Waals surface area contributed by atoms with E-state index in [1.807, 2.05) is 0 Å². The smallest absolute Gasteiger partial charge is 0.337 e. The third-order valence-corrected chi connectivity index (χ3v) is 6.71. The second kappa shape index (κ2) is 9.58. The fourth-order valence-electron chi connectivity index (χ4n) is 4.59. The second-order valence-electron chi connectivity index (χ2n) is 8.32. The summed E-state index contributed by atoms with van der Waals surface area (Å²) in [7, 11) is 0. The van der Waals surface area contributed by atoms with E-state index in [1.54, 1.807) is 20.8 Å². The normalized spacial score (nSPS) is 28.8. The van der Waals surface area contributed by atoms with Gasteiger partial charge in [-0.25, -0.2) is 9.59 Å². The molecule has 3 aliphatic rings. The van der Waals surface area contributed by atoms with Gasteiger partial charge < -0.3 is 18.9 Å². The molecule has 0 unspecified atom stereocenters. The molecule has 0 bridgehead atoms. The van der Waals surface area contributed by atoms with Gasteiger partial charge in [0.2, 0.25) is 5.78 Å². The van der Waals surface area contributed by atoms with Crippen LogP contribution in [0.15, 0.2) is 45.6 Å². The van der Waals surface area contributed by atoms with E-state index in [9.17, 15) is 24.0 Å². The molecule has 5 atom stereocenters. The van der Waals surface area contributed by atoms with Crippen LogP contribution in [0.5, 0.6) is 0 Å². The summed E-state index contributed by atoms with van der Waals surface area (Å²) in [5.74, 6) is -4.96. The molecule has 0 aromatic heterocycles. The van der Waals surface area contributed by atoms with Gasteiger partial charge in [0, 0.05) is 30.9 Å². The Labute approximate surface area is 201 Å². The molecule has 34 heavy (non-hydrogen) atoms. The third-order valence-electron chi connectivity index (χ3n) is 6.24. The van der Waals surface area contributed by atoms with Gasteiger partial charge in [0.25, 0.3) is 0 Å². The van der Waals surface area contributed by atoms with Gasteiger partial charge in [0.1, 0.15) is 12.7 Å². The maximum atomic E-state index is 13.0. The highest BCUT2D eigenvalue weighted by Gasteiger charge is 2.58. The van der Waals surface area contributed by atoms with E-state index in [2.05, 4.69) is 6.58 Å². The molecule has 9 nitrogen and oxygen atoms in total. The molecule has 0 N–H and O–H groups in total. The lowest BCUT2D eigenvalue weighted by molar-refractivity contribution is -0.166. The van der Waals surface area contributed by atoms with Crippen LogP contribution in [0.2, 0.25) is 0 Å². The minimum atomic E-state index is -1.25. The van der Waals surface area contributed by atoms with Crippen molar-refractivity contribution in [2.24, 2.45) is 11.8 Å². The zero-order valence-electron chi connectivity index (χ0n) is 19.4. The highest BCUT2D eigenvalue weighted by Crippen LogP contribution is 2.51. The Bertz CT molecular complexity index is 1090. The average Bonchev–Trinajstić information content (AvgIpc) is 3.13. The Balaban J connectivity index is 2.12. The highest BCUT2D eigenvalue weighted by molar-refractivity contribution is 6.47. The molecular formula is C24H25ClO9. The largest absolute Gasteiger partial charge is 0.461 e. The number of ether oxygens (including phenoxy) is 4. The van der Waals surface area contributed by atoms with Gasteiger partial charge >= 0.3 is 23.9 Å². The lowest BCUT2D eigenvalue weighted by Crippen LogP contribution is -2.44. The van der Waals surface area contributed by atoms with Crippen molar-refractivity contribution in [3.05, 3.63) is 45.6 Å². The number of halogens is 1. The van der Waals surface area contributed by atoms with Crippen molar-refractivity contribution in [2.45, 2.75) is 52.9 Å². The van der Waals surface area contributed by atoms with Crippen LogP contribution in [-0.2, 0) is 42.9 Å². The number of rotatable bonds is 5. The van der Waals surface area contributed by atoms with Crippen molar-refractivity contribution in [3.63, 3.8) is 0 Å². The number of ketones is 1. The lowest BCUT2D eigenvalue weighted by atomic mass is 9.82. The minimum absolute atomic E-state index is 0.00117. The van der Waals surface area contributed by atoms with Crippen LogP contribution in [0, 0.1) is 11.8 Å². The van der Waals surface area contributed by atoms with Crippen molar-refractivity contribution in [1.29, 1.82) is 0 Å². The van der Waals surface area contributed by atoms with E-state index >= 15 is 0 Å². The summed E-state index contributed by atoms with van der Waals surface area (Å²) in [6.45, 7) is 10.7. The Morgan fingerprint density at radius 2 is 1.74 bits per heavy atom. The Kier molecular flexibility index (Phi) is 7.16. The summed E-state index contributed by atoms with van der Waals surface area (Å²) >= 11 is 6.26. The summed E-state index contributed by atoms with van der Waals surface area (Å²) in [5, 5.41) is 0.00117. The van der Waals surface area contributed by atoms with Gasteiger partial charge in [-0.2, -0.15) is 0 Å². The molecular weight excluding hydrogens is 468 g/mol. The summed E-state index contributed by atoms with van der Waals surface area (Å²) in [6.07, 6.45) is -2.00. The van der Waals surface area contributed by atoms with Gasteiger partial charge in [-0.3, -0.25) is 14.4 Å². The standard InChI is InChI=1S/C24H25ClO9/c1-7-14(8-31-12(5)26)24(30)34-22-17-11(4)23(29)33-21(17)16-9(2)18(25)19(28)15(16)10(3)20(22)32-13(6)27/h7,16-17,20-22H,4,8H2,1-3,5-6H3/b14-7+/t16-,17-,20+,21-,22-/m0/s1. The van der Waals surface area contributed by atoms with Gasteiger partial charge in [0.05, 0.1) is 16.5 Å². The third kappa shape index (κ3) is 4.32. The maximum absolute atomic E-state index is 13.0. The van der Waals surface area contributed by atoms with Crippen molar-refractivity contribution < 1.29 is 42.9 Å². The minimum Gasteiger partial charge on any atom is -0.461 e. The summed E-state index contributed by atoms with van der Waals surface area (Å²) in [5.41, 5.74) is 1.11. The molecule has 0 saturated carbocycles. The molecule has 1 saturated heterocycles. The van der Waals surface area contributed by atoms with Crippen LogP contribution >= 0.6 is 11.6 Å². The zero-order chi connectivity index (χ0) is 25.5. The number of esters is 4. The summed E-state index contributed by atoms with van der Waals surface area (Å²) in [6, 6.07) is 0. The van der Waals surface area contributed by atoms with Gasteiger partial charge in [-0.1, -0.05) is 24.3 Å². The molecule has 0 radical (unpaired) electrons. The van der Waals surface area contributed by atoms with Gasteiger partial charge in [-0.15, -0.1) is 0 Å². The van der Waals surface area contributed by atoms with E-state index in [0.717, 1.165) is 0 Å². The first-order valence-corrected chi connectivity index (χ1v) is 11.0. The molecule has 2 aliphatic carbocycles. The molecule has 0 aromatic carbocycles. The maximum Gasteiger partial charge on any atom is 0.337 e. The first kappa shape index (κ1) is 25.4. The number of carbonyl (C=O) groups is 5. The molecule has 1 heterocycles. The van der Waals surface area contributed by atoms with Crippen molar-refractivity contribution in [3.8, 4) is 0 Å². The van der Waals surface area contributed by atoms with Crippen LogP contribution in [0.4, 0.5) is 0 Å². The molecule has 1 fully saturated rings. The Morgan fingerprint density at radius 1 is 1.09 bits per heavy atom. The Morgan fingerprint density at radius 3 is 2.29 bits per heavy atom. The lowest BCUT2D eigenvalue weighted by Gasteiger charge is -2.32. The molecule has 3 rings (SSSR count). The fourth-order valence-corrected chi connectivity index (χ4v) is 4.81. The van der Waals surface area contributed by atoms with Crippen LogP contribution in [-0.4, -0.2) is 54.6 Å². The number of allylic oxidation sites excluding steroid dienone is 2. The number of carbonyl (C=O) groups excluding carboxylic acids is 5. The molecule has 10 heteroatoms. The van der Waals surface area contributed by atoms with E-state index in [-0.39, 0.29) is 28.4 Å². The quantitative estimate of drug-likeness (QED) is 0.323. The number of fused-ring (bicyclic) bond motifs is 3. The van der Waals surface area contributed by atoms with Crippen molar-refractivity contribution in [2.75, 3.05) is 6.61 Å². The van der Waals surface area contributed by atoms with Gasteiger partial charge in [0.15, 0.2) is 12.2 Å². The Hall–Kier alpha value is -3.20. The highest BCUT2D eigenvalue weighted by atomic mass is 35.5. The van der Waals surface area contributed by atoms with Crippen LogP contribution in [0.3, 0.4) is 0 Å². The van der Waals surface area contributed by atoms with Crippen molar-refractivity contribution in [1.82, 2.24) is 0 Å². The fraction of sp³-hybridized carbons (Fsp3) is 0.458. The van der Waals surface area contributed by atoms with Gasteiger partial charge in [-0.05, 0) is 31.9 Å². The van der Waals surface area contributed by atoms with E-state index in [1.165, 1.54) is 19.9 Å². The summed E-state index contributed by atoms with van der Waals surface area (Å²) in [4.78, 5) is 61.8. The first-order chi connectivity index (χ1) is 15.9. The van der Waals surface area contributed by atoms with Crippen LogP contribution in [0.1, 0.15) is 34.6 Å². The molecule has 1 aliphatic heterocycles. The second-order valence-corrected chi connectivity index (χ2v) is 8.69. The topological polar surface area (TPSA) is 122 Å². The molecule has 0 spiro atoms.